The molecule has 0 bridgehead atoms. The number of rotatable bonds is 7. The summed E-state index contributed by atoms with van der Waals surface area (Å²) in [5, 5.41) is 0.654. The molecule has 1 unspecified atom stereocenters. The quantitative estimate of drug-likeness (QED) is 0.367. The first-order valence-corrected chi connectivity index (χ1v) is 13.4. The first-order chi connectivity index (χ1) is 17.7. The van der Waals surface area contributed by atoms with Crippen LogP contribution in [0.5, 0.6) is 5.75 Å². The predicted molar refractivity (Wildman–Crippen MR) is 140 cm³/mol. The van der Waals surface area contributed by atoms with Crippen LogP contribution in [0.4, 0.5) is 0 Å². The lowest BCUT2D eigenvalue weighted by Gasteiger charge is -2.32. The van der Waals surface area contributed by atoms with Crippen molar-refractivity contribution < 1.29 is 22.7 Å². The second kappa shape index (κ2) is 10.1. The molecule has 4 aromatic rings. The van der Waals surface area contributed by atoms with Gasteiger partial charge in [0.2, 0.25) is 10.0 Å². The average molecular weight is 541 g/mol. The van der Waals surface area contributed by atoms with Crippen molar-refractivity contribution in [3.8, 4) is 16.9 Å². The van der Waals surface area contributed by atoms with Crippen molar-refractivity contribution in [2.45, 2.75) is 17.9 Å². The van der Waals surface area contributed by atoms with Crippen LogP contribution in [0, 0.1) is 6.92 Å². The van der Waals surface area contributed by atoms with E-state index in [1.54, 1.807) is 12.1 Å². The molecule has 1 aliphatic rings. The number of amides is 1. The Labute approximate surface area is 219 Å². The van der Waals surface area contributed by atoms with E-state index in [9.17, 15) is 13.2 Å². The van der Waals surface area contributed by atoms with E-state index in [1.807, 2.05) is 49.5 Å². The van der Waals surface area contributed by atoms with Crippen LogP contribution < -0.4 is 10.5 Å². The highest BCUT2D eigenvalue weighted by Gasteiger charge is 2.36. The number of halogens is 1. The van der Waals surface area contributed by atoms with Crippen LogP contribution >= 0.6 is 11.6 Å². The smallest absolute Gasteiger partial charge is 0.266 e. The van der Waals surface area contributed by atoms with Crippen LogP contribution in [0.1, 0.15) is 16.2 Å². The summed E-state index contributed by atoms with van der Waals surface area (Å²) < 4.78 is 40.3. The molecule has 1 fully saturated rings. The van der Waals surface area contributed by atoms with Gasteiger partial charge in [0.15, 0.2) is 0 Å². The van der Waals surface area contributed by atoms with E-state index < -0.39 is 22.0 Å². The molecule has 0 aliphatic carbocycles. The fourth-order valence-electron chi connectivity index (χ4n) is 4.29. The Morgan fingerprint density at radius 3 is 2.65 bits per heavy atom. The van der Waals surface area contributed by atoms with Crippen molar-refractivity contribution in [1.82, 2.24) is 14.3 Å². The number of nitrogens with one attached hydrogen (secondary N) is 1. The number of hydrogen-bond donors (Lipinski definition) is 2. The summed E-state index contributed by atoms with van der Waals surface area (Å²) in [6, 6.07) is 16.3. The average Bonchev–Trinajstić information content (AvgIpc) is 3.28. The van der Waals surface area contributed by atoms with Crippen LogP contribution in [0.3, 0.4) is 0 Å². The molecule has 3 heterocycles. The van der Waals surface area contributed by atoms with E-state index in [1.165, 1.54) is 10.4 Å². The summed E-state index contributed by atoms with van der Waals surface area (Å²) in [5.41, 5.74) is 8.74. The third-order valence-corrected chi connectivity index (χ3v) is 8.38. The minimum absolute atomic E-state index is 0.0564. The number of aryl methyl sites for hydroxylation is 1. The van der Waals surface area contributed by atoms with Crippen LogP contribution in [0.2, 0.25) is 5.02 Å². The number of sulfonamides is 1. The Morgan fingerprint density at radius 2 is 1.95 bits per heavy atom. The molecule has 3 N–H and O–H groups in total. The van der Waals surface area contributed by atoms with Crippen molar-refractivity contribution in [1.29, 1.82) is 0 Å². The monoisotopic (exact) mass is 540 g/mol. The lowest BCUT2D eigenvalue weighted by Crippen LogP contribution is -2.47. The minimum atomic E-state index is -4.09. The van der Waals surface area contributed by atoms with Gasteiger partial charge in [0.25, 0.3) is 5.91 Å². The topological polar surface area (TPSA) is 128 Å². The van der Waals surface area contributed by atoms with Crippen molar-refractivity contribution >= 4 is 38.4 Å². The van der Waals surface area contributed by atoms with E-state index in [-0.39, 0.29) is 36.9 Å². The third kappa shape index (κ3) is 5.19. The maximum atomic E-state index is 13.7. The number of nitrogens with zero attached hydrogens (tertiary/aromatic N) is 2. The number of ether oxygens (including phenoxy) is 2. The zero-order valence-electron chi connectivity index (χ0n) is 20.0. The molecule has 2 aromatic carbocycles. The third-order valence-electron chi connectivity index (χ3n) is 6.19. The Hall–Kier alpha value is -3.44. The molecule has 9 nitrogen and oxygen atoms in total. The molecule has 1 atom stereocenters. The van der Waals surface area contributed by atoms with Crippen LogP contribution in [0.15, 0.2) is 65.7 Å². The molecule has 1 aliphatic heterocycles. The van der Waals surface area contributed by atoms with Gasteiger partial charge in [0.05, 0.1) is 6.61 Å². The minimum Gasteiger partial charge on any atom is -0.491 e. The van der Waals surface area contributed by atoms with Gasteiger partial charge < -0.3 is 20.2 Å². The Morgan fingerprint density at radius 1 is 1.19 bits per heavy atom. The summed E-state index contributed by atoms with van der Waals surface area (Å²) in [4.78, 5) is 19.0. The molecule has 1 amide bonds. The Balaban J connectivity index is 1.31. The van der Waals surface area contributed by atoms with Crippen LogP contribution in [-0.2, 0) is 14.8 Å². The number of benzene rings is 2. The lowest BCUT2D eigenvalue weighted by atomic mass is 10.1. The number of H-pyrrole nitrogens is 1. The molecule has 0 saturated carbocycles. The van der Waals surface area contributed by atoms with Gasteiger partial charge in [-0.1, -0.05) is 29.8 Å². The first-order valence-electron chi connectivity index (χ1n) is 11.6. The van der Waals surface area contributed by atoms with Gasteiger partial charge in [0.1, 0.15) is 29.0 Å². The SMILES string of the molecule is Cc1ccc(-c2ccc(OCC3CN(S(=O)(=O)c4c(C(N)=O)[nH]c5ccc(Cl)cc45)CCO3)cc2)cn1. The standard InChI is InChI=1S/C26H25ClN4O5S/c1-16-2-3-18(13-29-16)17-4-7-20(8-5-17)36-15-21-14-31(10-11-35-21)37(33,34)25-22-12-19(27)6-9-23(22)30-24(25)26(28)32/h2-9,12-13,21,30H,10-11,14-15H2,1H3,(H2,28,32). The van der Waals surface area contributed by atoms with Crippen molar-refractivity contribution in [2.75, 3.05) is 26.3 Å². The molecule has 5 rings (SSSR count). The fraction of sp³-hybridized carbons (Fsp3) is 0.231. The highest BCUT2D eigenvalue weighted by Crippen LogP contribution is 2.32. The number of carbonyl (C=O) groups excluding carboxylic acids is 1. The van der Waals surface area contributed by atoms with Crippen LogP contribution in [-0.4, -0.2) is 61.0 Å². The van der Waals surface area contributed by atoms with E-state index in [4.69, 9.17) is 26.8 Å². The van der Waals surface area contributed by atoms with Gasteiger partial charge in [-0.05, 0) is 48.9 Å². The predicted octanol–water partition coefficient (Wildman–Crippen LogP) is 3.76. The summed E-state index contributed by atoms with van der Waals surface area (Å²) >= 11 is 6.11. The number of morpholine rings is 1. The highest BCUT2D eigenvalue weighted by molar-refractivity contribution is 7.89. The number of fused-ring (bicyclic) bond motifs is 1. The van der Waals surface area contributed by atoms with Gasteiger partial charge >= 0.3 is 0 Å². The first kappa shape index (κ1) is 25.2. The lowest BCUT2D eigenvalue weighted by molar-refractivity contribution is -0.0249. The normalized spacial score (nSPS) is 16.6. The fourth-order valence-corrected chi connectivity index (χ4v) is 6.26. The van der Waals surface area contributed by atoms with Crippen molar-refractivity contribution in [2.24, 2.45) is 5.73 Å². The molecule has 192 valence electrons. The molecule has 0 radical (unpaired) electrons. The second-order valence-corrected chi connectivity index (χ2v) is 11.1. The zero-order chi connectivity index (χ0) is 26.2. The van der Waals surface area contributed by atoms with E-state index in [2.05, 4.69) is 9.97 Å². The molecule has 11 heteroatoms. The number of primary amides is 1. The number of pyridine rings is 1. The largest absolute Gasteiger partial charge is 0.491 e. The summed E-state index contributed by atoms with van der Waals surface area (Å²) in [6.07, 6.45) is 1.32. The van der Waals surface area contributed by atoms with Gasteiger partial charge in [0, 0.05) is 46.5 Å². The second-order valence-electron chi connectivity index (χ2n) is 8.76. The van der Waals surface area contributed by atoms with Crippen molar-refractivity contribution in [3.05, 3.63) is 77.2 Å². The molecule has 2 aromatic heterocycles. The number of aromatic amines is 1. The summed E-state index contributed by atoms with van der Waals surface area (Å²) in [7, 11) is -4.09. The van der Waals surface area contributed by atoms with Crippen LogP contribution in [0.25, 0.3) is 22.0 Å². The number of hydrogen-bond acceptors (Lipinski definition) is 6. The molecular formula is C26H25ClN4O5S. The molecule has 37 heavy (non-hydrogen) atoms. The molecule has 0 spiro atoms. The van der Waals surface area contributed by atoms with Gasteiger partial charge in [-0.3, -0.25) is 9.78 Å². The van der Waals surface area contributed by atoms with E-state index in [0.29, 0.717) is 21.7 Å². The van der Waals surface area contributed by atoms with Gasteiger partial charge in [-0.25, -0.2) is 8.42 Å². The highest BCUT2D eigenvalue weighted by atomic mass is 35.5. The number of carbonyl (C=O) groups is 1. The number of nitrogens with two attached hydrogens (primary N) is 1. The maximum absolute atomic E-state index is 13.7. The number of aromatic nitrogens is 2. The Bertz CT molecular complexity index is 1550. The maximum Gasteiger partial charge on any atom is 0.266 e. The summed E-state index contributed by atoms with van der Waals surface area (Å²) in [5.74, 6) is -0.237. The molecule has 1 saturated heterocycles. The summed E-state index contributed by atoms with van der Waals surface area (Å²) in [6.45, 7) is 2.46. The van der Waals surface area contributed by atoms with Crippen molar-refractivity contribution in [3.63, 3.8) is 0 Å². The van der Waals surface area contributed by atoms with E-state index in [0.717, 1.165) is 16.8 Å². The van der Waals surface area contributed by atoms with E-state index >= 15 is 0 Å². The Kier molecular flexibility index (Phi) is 6.91. The molecular weight excluding hydrogens is 516 g/mol. The van der Waals surface area contributed by atoms with Gasteiger partial charge in [-0.15, -0.1) is 0 Å². The van der Waals surface area contributed by atoms with Gasteiger partial charge in [-0.2, -0.15) is 4.31 Å². The zero-order valence-corrected chi connectivity index (χ0v) is 21.6.